The Morgan fingerprint density at radius 1 is 1.44 bits per heavy atom. The first-order chi connectivity index (χ1) is 13.2. The summed E-state index contributed by atoms with van der Waals surface area (Å²) in [5.74, 6) is 2.09. The van der Waals surface area contributed by atoms with Crippen LogP contribution in [-0.2, 0) is 24.2 Å². The molecule has 1 saturated heterocycles. The standard InChI is InChI=1S/C19H25N5O3/c1-26-17-10-14(27-23-17)5-6-18(25)24-9-7-15-13(12-24)11-21-19(22-15)16-4-2-3-8-20-16/h10-11,16,20H,2-9,12H2,1H3/t16-/m1/s1. The van der Waals surface area contributed by atoms with Gasteiger partial charge in [-0.15, -0.1) is 0 Å². The van der Waals surface area contributed by atoms with Crippen LogP contribution >= 0.6 is 0 Å². The summed E-state index contributed by atoms with van der Waals surface area (Å²) in [4.78, 5) is 23.8. The van der Waals surface area contributed by atoms with E-state index in [0.29, 0.717) is 37.6 Å². The molecule has 1 amide bonds. The van der Waals surface area contributed by atoms with Crippen molar-refractivity contribution in [2.75, 3.05) is 20.2 Å². The molecule has 1 fully saturated rings. The van der Waals surface area contributed by atoms with E-state index in [0.717, 1.165) is 36.5 Å². The van der Waals surface area contributed by atoms with Crippen molar-refractivity contribution < 1.29 is 14.1 Å². The maximum Gasteiger partial charge on any atom is 0.254 e. The predicted octanol–water partition coefficient (Wildman–Crippen LogP) is 1.81. The molecule has 144 valence electrons. The zero-order valence-corrected chi connectivity index (χ0v) is 15.6. The average Bonchev–Trinajstić information content (AvgIpc) is 3.20. The highest BCUT2D eigenvalue weighted by molar-refractivity contribution is 5.76. The van der Waals surface area contributed by atoms with Gasteiger partial charge in [0.05, 0.1) is 18.8 Å². The maximum absolute atomic E-state index is 12.6. The highest BCUT2D eigenvalue weighted by Gasteiger charge is 2.24. The Hall–Kier alpha value is -2.48. The Balaban J connectivity index is 1.35. The molecule has 4 rings (SSSR count). The van der Waals surface area contributed by atoms with Gasteiger partial charge in [0, 0.05) is 50.2 Å². The quantitative estimate of drug-likeness (QED) is 0.856. The normalized spacial score (nSPS) is 19.6. The number of piperidine rings is 1. The van der Waals surface area contributed by atoms with Crippen molar-refractivity contribution in [1.29, 1.82) is 0 Å². The lowest BCUT2D eigenvalue weighted by Gasteiger charge is -2.29. The van der Waals surface area contributed by atoms with Gasteiger partial charge in [-0.3, -0.25) is 4.79 Å². The van der Waals surface area contributed by atoms with E-state index >= 15 is 0 Å². The summed E-state index contributed by atoms with van der Waals surface area (Å²) in [6, 6.07) is 1.98. The minimum atomic E-state index is 0.106. The van der Waals surface area contributed by atoms with Gasteiger partial charge in [-0.05, 0) is 24.5 Å². The average molecular weight is 371 g/mol. The zero-order valence-electron chi connectivity index (χ0n) is 15.6. The second-order valence-corrected chi connectivity index (χ2v) is 7.10. The van der Waals surface area contributed by atoms with Crippen LogP contribution in [0.25, 0.3) is 0 Å². The molecule has 8 heteroatoms. The van der Waals surface area contributed by atoms with Crippen LogP contribution in [0.1, 0.15) is 54.6 Å². The minimum Gasteiger partial charge on any atom is -0.479 e. The molecule has 1 N–H and O–H groups in total. The molecule has 2 aromatic rings. The van der Waals surface area contributed by atoms with E-state index in [2.05, 4.69) is 15.5 Å². The highest BCUT2D eigenvalue weighted by Crippen LogP contribution is 2.23. The molecule has 0 unspecified atom stereocenters. The molecular weight excluding hydrogens is 346 g/mol. The molecule has 0 saturated carbocycles. The van der Waals surface area contributed by atoms with Crippen molar-refractivity contribution in [3.63, 3.8) is 0 Å². The van der Waals surface area contributed by atoms with Gasteiger partial charge in [0.2, 0.25) is 5.91 Å². The molecule has 0 aliphatic carbocycles. The van der Waals surface area contributed by atoms with Crippen molar-refractivity contribution in [3.8, 4) is 5.88 Å². The summed E-state index contributed by atoms with van der Waals surface area (Å²) < 4.78 is 10.1. The molecule has 0 spiro atoms. The number of rotatable bonds is 5. The van der Waals surface area contributed by atoms with Crippen LogP contribution in [0.3, 0.4) is 0 Å². The lowest BCUT2D eigenvalue weighted by Crippen LogP contribution is -2.37. The fraction of sp³-hybridized carbons (Fsp3) is 0.579. The van der Waals surface area contributed by atoms with Crippen LogP contribution in [0.2, 0.25) is 0 Å². The van der Waals surface area contributed by atoms with Crippen LogP contribution < -0.4 is 10.1 Å². The number of nitrogens with zero attached hydrogens (tertiary/aromatic N) is 4. The number of carbonyl (C=O) groups excluding carboxylic acids is 1. The van der Waals surface area contributed by atoms with Crippen molar-refractivity contribution in [3.05, 3.63) is 35.1 Å². The molecule has 8 nitrogen and oxygen atoms in total. The van der Waals surface area contributed by atoms with Gasteiger partial charge >= 0.3 is 0 Å². The van der Waals surface area contributed by atoms with Crippen LogP contribution in [-0.4, -0.2) is 46.1 Å². The Bertz CT molecular complexity index is 800. The van der Waals surface area contributed by atoms with E-state index in [1.807, 2.05) is 11.1 Å². The van der Waals surface area contributed by atoms with Crippen LogP contribution in [0.15, 0.2) is 16.8 Å². The third-order valence-corrected chi connectivity index (χ3v) is 5.26. The molecule has 0 aromatic carbocycles. The fourth-order valence-corrected chi connectivity index (χ4v) is 3.68. The number of nitrogens with one attached hydrogen (secondary N) is 1. The van der Waals surface area contributed by atoms with Crippen LogP contribution in [0, 0.1) is 0 Å². The number of fused-ring (bicyclic) bond motifs is 1. The molecule has 1 atom stereocenters. The minimum absolute atomic E-state index is 0.106. The van der Waals surface area contributed by atoms with Crippen molar-refractivity contribution in [2.45, 2.75) is 51.1 Å². The SMILES string of the molecule is COc1cc(CCC(=O)N2CCc3nc([C@H]4CCCCN4)ncc3C2)on1. The molecule has 2 aliphatic heterocycles. The third-order valence-electron chi connectivity index (χ3n) is 5.26. The van der Waals surface area contributed by atoms with E-state index in [1.165, 1.54) is 20.0 Å². The van der Waals surface area contributed by atoms with Gasteiger partial charge in [-0.25, -0.2) is 9.97 Å². The summed E-state index contributed by atoms with van der Waals surface area (Å²) >= 11 is 0. The second-order valence-electron chi connectivity index (χ2n) is 7.10. The van der Waals surface area contributed by atoms with Gasteiger partial charge in [0.25, 0.3) is 5.88 Å². The molecule has 27 heavy (non-hydrogen) atoms. The Labute approximate surface area is 158 Å². The van der Waals surface area contributed by atoms with Gasteiger partial charge in [-0.1, -0.05) is 6.42 Å². The fourth-order valence-electron chi connectivity index (χ4n) is 3.68. The number of methoxy groups -OCH3 is 1. The number of aryl methyl sites for hydroxylation is 1. The first-order valence-corrected chi connectivity index (χ1v) is 9.58. The third kappa shape index (κ3) is 4.10. The van der Waals surface area contributed by atoms with Crippen molar-refractivity contribution in [2.24, 2.45) is 0 Å². The van der Waals surface area contributed by atoms with E-state index in [4.69, 9.17) is 14.2 Å². The summed E-state index contributed by atoms with van der Waals surface area (Å²) in [6.07, 6.45) is 7.11. The van der Waals surface area contributed by atoms with Crippen LogP contribution in [0.5, 0.6) is 5.88 Å². The zero-order chi connectivity index (χ0) is 18.6. The second kappa shape index (κ2) is 8.04. The monoisotopic (exact) mass is 371 g/mol. The highest BCUT2D eigenvalue weighted by atomic mass is 16.5. The van der Waals surface area contributed by atoms with E-state index in [-0.39, 0.29) is 11.9 Å². The summed E-state index contributed by atoms with van der Waals surface area (Å²) in [7, 11) is 1.54. The molecule has 2 aromatic heterocycles. The number of hydrogen-bond acceptors (Lipinski definition) is 7. The van der Waals surface area contributed by atoms with Crippen molar-refractivity contribution in [1.82, 2.24) is 25.3 Å². The number of amides is 1. The van der Waals surface area contributed by atoms with E-state index in [9.17, 15) is 4.79 Å². The number of hydrogen-bond donors (Lipinski definition) is 1. The maximum atomic E-state index is 12.6. The lowest BCUT2D eigenvalue weighted by molar-refractivity contribution is -0.132. The van der Waals surface area contributed by atoms with Crippen LogP contribution in [0.4, 0.5) is 0 Å². The Kier molecular flexibility index (Phi) is 5.33. The lowest BCUT2D eigenvalue weighted by atomic mass is 10.0. The first kappa shape index (κ1) is 17.9. The van der Waals surface area contributed by atoms with Gasteiger partial charge in [0.15, 0.2) is 0 Å². The molecule has 0 bridgehead atoms. The molecule has 4 heterocycles. The number of ether oxygens (including phenoxy) is 1. The number of aromatic nitrogens is 3. The van der Waals surface area contributed by atoms with E-state index in [1.54, 1.807) is 6.07 Å². The van der Waals surface area contributed by atoms with Gasteiger partial charge < -0.3 is 19.5 Å². The smallest absolute Gasteiger partial charge is 0.254 e. The molecule has 2 aliphatic rings. The largest absolute Gasteiger partial charge is 0.479 e. The first-order valence-electron chi connectivity index (χ1n) is 9.58. The topological polar surface area (TPSA) is 93.4 Å². The number of carbonyl (C=O) groups is 1. The summed E-state index contributed by atoms with van der Waals surface area (Å²) in [6.45, 7) is 2.30. The van der Waals surface area contributed by atoms with E-state index < -0.39 is 0 Å². The summed E-state index contributed by atoms with van der Waals surface area (Å²) in [5.41, 5.74) is 2.13. The molecular formula is C19H25N5O3. The molecule has 0 radical (unpaired) electrons. The van der Waals surface area contributed by atoms with Gasteiger partial charge in [0.1, 0.15) is 11.6 Å². The summed E-state index contributed by atoms with van der Waals surface area (Å²) in [5, 5.41) is 7.25. The Morgan fingerprint density at radius 2 is 2.37 bits per heavy atom. The predicted molar refractivity (Wildman–Crippen MR) is 97.1 cm³/mol. The van der Waals surface area contributed by atoms with Gasteiger partial charge in [-0.2, -0.15) is 0 Å². The van der Waals surface area contributed by atoms with Crippen molar-refractivity contribution >= 4 is 5.91 Å². The Morgan fingerprint density at radius 3 is 3.15 bits per heavy atom.